The number of ether oxygens (including phenoxy) is 3. The number of hydrogen-bond donors (Lipinski definition) is 0. The van der Waals surface area contributed by atoms with Gasteiger partial charge >= 0.3 is 5.97 Å². The van der Waals surface area contributed by atoms with Gasteiger partial charge in [-0.15, -0.1) is 0 Å². The van der Waals surface area contributed by atoms with E-state index in [1.165, 1.54) is 7.11 Å². The van der Waals surface area contributed by atoms with E-state index in [9.17, 15) is 4.79 Å². The number of carbonyl (C=O) groups excluding carboxylic acids is 1. The Morgan fingerprint density at radius 1 is 1.00 bits per heavy atom. The van der Waals surface area contributed by atoms with Gasteiger partial charge in [-0.05, 0) is 49.3 Å². The molecule has 1 aromatic heterocycles. The second-order valence-corrected chi connectivity index (χ2v) is 8.53. The predicted octanol–water partition coefficient (Wildman–Crippen LogP) is 5.50. The summed E-state index contributed by atoms with van der Waals surface area (Å²) in [4.78, 5) is 17.5. The molecule has 1 atom stereocenters. The summed E-state index contributed by atoms with van der Waals surface area (Å²) in [5.74, 6) is 1.59. The van der Waals surface area contributed by atoms with Crippen LogP contribution in [0.2, 0.25) is 0 Å². The summed E-state index contributed by atoms with van der Waals surface area (Å²) >= 11 is 0. The highest BCUT2D eigenvalue weighted by molar-refractivity contribution is 5.75. The zero-order chi connectivity index (χ0) is 23.8. The number of carbonyl (C=O) groups is 1. The molecule has 0 spiro atoms. The van der Waals surface area contributed by atoms with Crippen LogP contribution in [-0.2, 0) is 22.4 Å². The average Bonchev–Trinajstić information content (AvgIpc) is 3.24. The molecule has 0 saturated carbocycles. The van der Waals surface area contributed by atoms with Crippen molar-refractivity contribution in [3.8, 4) is 22.8 Å². The summed E-state index contributed by atoms with van der Waals surface area (Å²) in [6, 6.07) is 15.6. The van der Waals surface area contributed by atoms with Crippen molar-refractivity contribution in [3.63, 3.8) is 0 Å². The van der Waals surface area contributed by atoms with Gasteiger partial charge in [0.05, 0.1) is 33.4 Å². The Morgan fingerprint density at radius 2 is 1.73 bits per heavy atom. The summed E-state index contributed by atoms with van der Waals surface area (Å²) in [6.45, 7) is 4.35. The van der Waals surface area contributed by atoms with Gasteiger partial charge in [-0.25, -0.2) is 9.78 Å². The van der Waals surface area contributed by atoms with Gasteiger partial charge in [0, 0.05) is 11.3 Å². The van der Waals surface area contributed by atoms with Crippen molar-refractivity contribution in [1.29, 1.82) is 0 Å². The highest BCUT2D eigenvalue weighted by Crippen LogP contribution is 2.31. The third-order valence-electron chi connectivity index (χ3n) is 5.75. The van der Waals surface area contributed by atoms with Gasteiger partial charge in [-0.2, -0.15) is 0 Å². The first-order valence-electron chi connectivity index (χ1n) is 11.4. The van der Waals surface area contributed by atoms with E-state index in [2.05, 4.69) is 26.0 Å². The van der Waals surface area contributed by atoms with Crippen LogP contribution in [0.1, 0.15) is 44.0 Å². The summed E-state index contributed by atoms with van der Waals surface area (Å²) in [6.07, 6.45) is 4.89. The van der Waals surface area contributed by atoms with Gasteiger partial charge in [-0.3, -0.25) is 0 Å². The van der Waals surface area contributed by atoms with Crippen LogP contribution in [-0.4, -0.2) is 36.8 Å². The molecule has 0 amide bonds. The van der Waals surface area contributed by atoms with Crippen LogP contribution >= 0.6 is 0 Å². The highest BCUT2D eigenvalue weighted by Gasteiger charge is 2.26. The minimum absolute atomic E-state index is 0.246. The standard InChI is InChI=1S/C27H34N2O4/c1-19(2)16-23-26(21-11-7-6-8-12-21)28-18-29(23)22(27(30)33-5)13-9-10-20-14-15-24(31-3)25(17-20)32-4/h6-8,11-12,14-15,17-19,22H,9-10,13,16H2,1-5H3. The molecule has 6 nitrogen and oxygen atoms in total. The zero-order valence-corrected chi connectivity index (χ0v) is 20.2. The largest absolute Gasteiger partial charge is 0.493 e. The van der Waals surface area contributed by atoms with Crippen LogP contribution in [0.15, 0.2) is 54.9 Å². The first-order chi connectivity index (χ1) is 16.0. The minimum Gasteiger partial charge on any atom is -0.493 e. The molecular weight excluding hydrogens is 416 g/mol. The van der Waals surface area contributed by atoms with Crippen molar-refractivity contribution in [3.05, 3.63) is 66.1 Å². The third kappa shape index (κ3) is 5.95. The highest BCUT2D eigenvalue weighted by atomic mass is 16.5. The van der Waals surface area contributed by atoms with E-state index in [4.69, 9.17) is 19.2 Å². The lowest BCUT2D eigenvalue weighted by Gasteiger charge is -2.20. The summed E-state index contributed by atoms with van der Waals surface area (Å²) in [5.41, 5.74) is 4.19. The molecule has 33 heavy (non-hydrogen) atoms. The number of nitrogens with zero attached hydrogens (tertiary/aromatic N) is 2. The fraction of sp³-hybridized carbons (Fsp3) is 0.407. The van der Waals surface area contributed by atoms with E-state index in [-0.39, 0.29) is 5.97 Å². The maximum absolute atomic E-state index is 12.8. The Hall–Kier alpha value is -3.28. The molecule has 0 aliphatic carbocycles. The normalized spacial score (nSPS) is 11.9. The fourth-order valence-electron chi connectivity index (χ4n) is 4.12. The molecule has 2 aromatic carbocycles. The summed E-state index contributed by atoms with van der Waals surface area (Å²) < 4.78 is 17.9. The van der Waals surface area contributed by atoms with Crippen LogP contribution in [0.5, 0.6) is 11.5 Å². The third-order valence-corrected chi connectivity index (χ3v) is 5.75. The average molecular weight is 451 g/mol. The lowest BCUT2D eigenvalue weighted by Crippen LogP contribution is -2.23. The van der Waals surface area contributed by atoms with Crippen molar-refractivity contribution in [2.45, 2.75) is 45.6 Å². The number of aromatic nitrogens is 2. The lowest BCUT2D eigenvalue weighted by atomic mass is 10.0. The van der Waals surface area contributed by atoms with E-state index in [1.807, 2.05) is 41.0 Å². The number of esters is 1. The van der Waals surface area contributed by atoms with E-state index < -0.39 is 6.04 Å². The number of benzene rings is 2. The Labute approximate surface area is 196 Å². The first kappa shape index (κ1) is 24.4. The number of hydrogen-bond acceptors (Lipinski definition) is 5. The maximum Gasteiger partial charge on any atom is 0.328 e. The maximum atomic E-state index is 12.8. The monoisotopic (exact) mass is 450 g/mol. The molecule has 0 bridgehead atoms. The molecule has 1 heterocycles. The number of aryl methyl sites for hydroxylation is 1. The Bertz CT molecular complexity index is 1040. The molecule has 0 N–H and O–H groups in total. The van der Waals surface area contributed by atoms with Crippen molar-refractivity contribution < 1.29 is 19.0 Å². The second-order valence-electron chi connectivity index (χ2n) is 8.53. The molecule has 6 heteroatoms. The van der Waals surface area contributed by atoms with Crippen molar-refractivity contribution in [1.82, 2.24) is 9.55 Å². The Morgan fingerprint density at radius 3 is 2.36 bits per heavy atom. The van der Waals surface area contributed by atoms with Crippen LogP contribution in [0, 0.1) is 5.92 Å². The SMILES string of the molecule is COC(=O)C(CCCc1ccc(OC)c(OC)c1)n1cnc(-c2ccccc2)c1CC(C)C. The summed E-state index contributed by atoms with van der Waals surface area (Å²) in [5, 5.41) is 0. The van der Waals surface area contributed by atoms with E-state index in [0.29, 0.717) is 23.8 Å². The quantitative estimate of drug-likeness (QED) is 0.361. The second kappa shape index (κ2) is 11.5. The van der Waals surface area contributed by atoms with Crippen molar-refractivity contribution in [2.24, 2.45) is 5.92 Å². The van der Waals surface area contributed by atoms with Crippen LogP contribution < -0.4 is 9.47 Å². The van der Waals surface area contributed by atoms with Crippen LogP contribution in [0.25, 0.3) is 11.3 Å². The molecule has 0 radical (unpaired) electrons. The van der Waals surface area contributed by atoms with Gasteiger partial charge in [-0.1, -0.05) is 50.2 Å². The van der Waals surface area contributed by atoms with E-state index in [1.54, 1.807) is 20.5 Å². The molecule has 3 aromatic rings. The first-order valence-corrected chi connectivity index (χ1v) is 11.4. The number of imidazole rings is 1. The molecular formula is C27H34N2O4. The molecule has 0 aliphatic heterocycles. The molecule has 0 saturated heterocycles. The topological polar surface area (TPSA) is 62.6 Å². The molecule has 176 valence electrons. The van der Waals surface area contributed by atoms with Gasteiger partial charge in [0.1, 0.15) is 6.04 Å². The van der Waals surface area contributed by atoms with Gasteiger partial charge in [0.15, 0.2) is 11.5 Å². The van der Waals surface area contributed by atoms with E-state index >= 15 is 0 Å². The van der Waals surface area contributed by atoms with Crippen molar-refractivity contribution >= 4 is 5.97 Å². The predicted molar refractivity (Wildman–Crippen MR) is 130 cm³/mol. The molecule has 0 aliphatic rings. The lowest BCUT2D eigenvalue weighted by molar-refractivity contribution is -0.144. The van der Waals surface area contributed by atoms with Gasteiger partial charge < -0.3 is 18.8 Å². The van der Waals surface area contributed by atoms with Crippen molar-refractivity contribution in [2.75, 3.05) is 21.3 Å². The number of methoxy groups -OCH3 is 3. The van der Waals surface area contributed by atoms with E-state index in [0.717, 1.165) is 41.8 Å². The molecule has 0 fully saturated rings. The van der Waals surface area contributed by atoms with Gasteiger partial charge in [0.2, 0.25) is 0 Å². The van der Waals surface area contributed by atoms with Crippen LogP contribution in [0.3, 0.4) is 0 Å². The Kier molecular flexibility index (Phi) is 8.52. The Balaban J connectivity index is 1.84. The molecule has 3 rings (SSSR count). The summed E-state index contributed by atoms with van der Waals surface area (Å²) in [7, 11) is 4.71. The minimum atomic E-state index is -0.422. The number of rotatable bonds is 11. The molecule has 1 unspecified atom stereocenters. The smallest absolute Gasteiger partial charge is 0.328 e. The fourth-order valence-corrected chi connectivity index (χ4v) is 4.12. The van der Waals surface area contributed by atoms with Crippen LogP contribution in [0.4, 0.5) is 0 Å². The van der Waals surface area contributed by atoms with Gasteiger partial charge in [0.25, 0.3) is 0 Å². The zero-order valence-electron chi connectivity index (χ0n) is 20.2.